The molecule has 0 aromatic heterocycles. The third-order valence-electron chi connectivity index (χ3n) is 6.42. The highest BCUT2D eigenvalue weighted by atomic mass is 16.3. The Kier molecular flexibility index (Phi) is 7.27. The van der Waals surface area contributed by atoms with E-state index in [0.29, 0.717) is 17.2 Å². The highest BCUT2D eigenvalue weighted by Gasteiger charge is 2.21. The molecule has 0 aliphatic rings. The predicted octanol–water partition coefficient (Wildman–Crippen LogP) is 6.82. The van der Waals surface area contributed by atoms with E-state index in [1.54, 1.807) is 18.2 Å². The largest absolute Gasteiger partial charge is 0.508 e. The molecule has 0 radical (unpaired) electrons. The maximum absolute atomic E-state index is 10.2. The fraction of sp³-hybridized carbons (Fsp3) is 0.357. The molecule has 0 spiro atoms. The van der Waals surface area contributed by atoms with Crippen LogP contribution in [-0.2, 0) is 19.3 Å². The van der Waals surface area contributed by atoms with Gasteiger partial charge in [-0.2, -0.15) is 0 Å². The van der Waals surface area contributed by atoms with Crippen LogP contribution < -0.4 is 0 Å². The van der Waals surface area contributed by atoms with Gasteiger partial charge < -0.3 is 15.3 Å². The van der Waals surface area contributed by atoms with Crippen LogP contribution in [0.3, 0.4) is 0 Å². The number of hydrogen-bond donors (Lipinski definition) is 3. The number of phenols is 3. The molecule has 0 bridgehead atoms. The van der Waals surface area contributed by atoms with Crippen molar-refractivity contribution in [2.75, 3.05) is 0 Å². The zero-order valence-electron chi connectivity index (χ0n) is 19.0. The van der Waals surface area contributed by atoms with Gasteiger partial charge in [0, 0.05) is 5.92 Å². The first-order valence-corrected chi connectivity index (χ1v) is 11.3. The van der Waals surface area contributed by atoms with Crippen LogP contribution in [-0.4, -0.2) is 15.3 Å². The standard InChI is InChI=1S/C28H34O3/c1-5-19-15-22(8-11-26(19)29)18(4)14-25(23-9-12-27(30)20(6-2)16-23)24-10-13-28(31)21(7-3)17-24/h8-13,15-18,25,29-31H,5-7,14H2,1-4H3. The molecule has 3 nitrogen and oxygen atoms in total. The van der Waals surface area contributed by atoms with E-state index in [1.165, 1.54) is 16.7 Å². The molecule has 3 aromatic carbocycles. The van der Waals surface area contributed by atoms with Crippen molar-refractivity contribution in [3.05, 3.63) is 88.0 Å². The fourth-order valence-electron chi connectivity index (χ4n) is 4.36. The molecule has 1 unspecified atom stereocenters. The van der Waals surface area contributed by atoms with E-state index in [2.05, 4.69) is 45.9 Å². The van der Waals surface area contributed by atoms with E-state index in [1.807, 2.05) is 18.2 Å². The highest BCUT2D eigenvalue weighted by molar-refractivity contribution is 5.45. The van der Waals surface area contributed by atoms with Gasteiger partial charge in [0.05, 0.1) is 0 Å². The summed E-state index contributed by atoms with van der Waals surface area (Å²) in [5, 5.41) is 30.5. The summed E-state index contributed by atoms with van der Waals surface area (Å²) in [5.74, 6) is 1.43. The first-order chi connectivity index (χ1) is 14.9. The Balaban J connectivity index is 2.03. The minimum atomic E-state index is 0.130. The van der Waals surface area contributed by atoms with Crippen LogP contribution in [0, 0.1) is 0 Å². The molecule has 31 heavy (non-hydrogen) atoms. The van der Waals surface area contributed by atoms with Crippen molar-refractivity contribution < 1.29 is 15.3 Å². The lowest BCUT2D eigenvalue weighted by Crippen LogP contribution is -2.08. The number of phenolic OH excluding ortho intramolecular Hbond substituents is 3. The average molecular weight is 419 g/mol. The van der Waals surface area contributed by atoms with Crippen LogP contribution >= 0.6 is 0 Å². The van der Waals surface area contributed by atoms with Gasteiger partial charge in [0.1, 0.15) is 17.2 Å². The van der Waals surface area contributed by atoms with Gasteiger partial charge in [-0.15, -0.1) is 0 Å². The molecule has 1 atom stereocenters. The van der Waals surface area contributed by atoms with Crippen molar-refractivity contribution >= 4 is 0 Å². The molecule has 3 N–H and O–H groups in total. The van der Waals surface area contributed by atoms with Crippen molar-refractivity contribution in [2.45, 2.75) is 65.2 Å². The maximum Gasteiger partial charge on any atom is 0.118 e. The summed E-state index contributed by atoms with van der Waals surface area (Å²) in [6.45, 7) is 8.38. The van der Waals surface area contributed by atoms with Crippen LogP contribution in [0.2, 0.25) is 0 Å². The van der Waals surface area contributed by atoms with Crippen LogP contribution in [0.1, 0.15) is 79.3 Å². The molecule has 0 saturated heterocycles. The van der Waals surface area contributed by atoms with Crippen LogP contribution in [0.5, 0.6) is 17.2 Å². The Morgan fingerprint density at radius 1 is 0.581 bits per heavy atom. The number of hydrogen-bond acceptors (Lipinski definition) is 3. The van der Waals surface area contributed by atoms with Crippen molar-refractivity contribution in [3.8, 4) is 17.2 Å². The fourth-order valence-corrected chi connectivity index (χ4v) is 4.36. The van der Waals surface area contributed by atoms with Gasteiger partial charge >= 0.3 is 0 Å². The summed E-state index contributed by atoms with van der Waals surface area (Å²) >= 11 is 0. The number of aromatic hydroxyl groups is 3. The zero-order chi connectivity index (χ0) is 22.5. The smallest absolute Gasteiger partial charge is 0.118 e. The normalized spacial score (nSPS) is 12.3. The second-order valence-electron chi connectivity index (χ2n) is 8.41. The lowest BCUT2D eigenvalue weighted by molar-refractivity contribution is 0.468. The van der Waals surface area contributed by atoms with Gasteiger partial charge in [-0.3, -0.25) is 0 Å². The maximum atomic E-state index is 10.2. The van der Waals surface area contributed by atoms with E-state index < -0.39 is 0 Å². The van der Waals surface area contributed by atoms with Crippen LogP contribution in [0.15, 0.2) is 54.6 Å². The molecule has 164 valence electrons. The molecular weight excluding hydrogens is 384 g/mol. The zero-order valence-corrected chi connectivity index (χ0v) is 19.0. The Morgan fingerprint density at radius 3 is 1.32 bits per heavy atom. The highest BCUT2D eigenvalue weighted by Crippen LogP contribution is 2.38. The van der Waals surface area contributed by atoms with Gasteiger partial charge in [-0.25, -0.2) is 0 Å². The van der Waals surface area contributed by atoms with Crippen molar-refractivity contribution in [1.82, 2.24) is 0 Å². The first kappa shape index (κ1) is 22.7. The molecule has 3 aromatic rings. The van der Waals surface area contributed by atoms with Gasteiger partial charge in [-0.1, -0.05) is 64.1 Å². The average Bonchev–Trinajstić information content (AvgIpc) is 2.78. The third-order valence-corrected chi connectivity index (χ3v) is 6.42. The molecule has 0 saturated carbocycles. The van der Waals surface area contributed by atoms with Gasteiger partial charge in [0.2, 0.25) is 0 Å². The summed E-state index contributed by atoms with van der Waals surface area (Å²) < 4.78 is 0. The van der Waals surface area contributed by atoms with Crippen LogP contribution in [0.25, 0.3) is 0 Å². The summed E-state index contributed by atoms with van der Waals surface area (Å²) in [6, 6.07) is 17.8. The lowest BCUT2D eigenvalue weighted by atomic mass is 9.80. The van der Waals surface area contributed by atoms with Crippen LogP contribution in [0.4, 0.5) is 0 Å². The van der Waals surface area contributed by atoms with E-state index in [4.69, 9.17) is 0 Å². The Bertz CT molecular complexity index is 985. The van der Waals surface area contributed by atoms with Crippen molar-refractivity contribution in [3.63, 3.8) is 0 Å². The van der Waals surface area contributed by atoms with Gasteiger partial charge in [0.25, 0.3) is 0 Å². The lowest BCUT2D eigenvalue weighted by Gasteiger charge is -2.24. The number of rotatable bonds is 8. The molecule has 0 heterocycles. The molecule has 0 aliphatic heterocycles. The molecule has 0 aliphatic carbocycles. The minimum absolute atomic E-state index is 0.130. The summed E-state index contributed by atoms with van der Waals surface area (Å²) in [6.07, 6.45) is 3.23. The Labute approximate surface area is 186 Å². The molecule has 3 rings (SSSR count). The summed E-state index contributed by atoms with van der Waals surface area (Å²) in [7, 11) is 0. The SMILES string of the molecule is CCc1cc(C(C)CC(c2ccc(O)c(CC)c2)c2ccc(O)c(CC)c2)ccc1O. The summed E-state index contributed by atoms with van der Waals surface area (Å²) in [4.78, 5) is 0. The topological polar surface area (TPSA) is 60.7 Å². The molecular formula is C28H34O3. The van der Waals surface area contributed by atoms with E-state index in [0.717, 1.165) is 42.4 Å². The van der Waals surface area contributed by atoms with E-state index >= 15 is 0 Å². The molecule has 0 amide bonds. The molecule has 3 heteroatoms. The number of aryl methyl sites for hydroxylation is 3. The quantitative estimate of drug-likeness (QED) is 0.376. The van der Waals surface area contributed by atoms with Gasteiger partial charge in [0.15, 0.2) is 0 Å². The second kappa shape index (κ2) is 9.91. The number of benzene rings is 3. The van der Waals surface area contributed by atoms with Gasteiger partial charge in [-0.05, 0) is 83.2 Å². The van der Waals surface area contributed by atoms with E-state index in [9.17, 15) is 15.3 Å². The first-order valence-electron chi connectivity index (χ1n) is 11.3. The predicted molar refractivity (Wildman–Crippen MR) is 127 cm³/mol. The Hall–Kier alpha value is -2.94. The second-order valence-corrected chi connectivity index (χ2v) is 8.41. The summed E-state index contributed by atoms with van der Waals surface area (Å²) in [5.41, 5.74) is 6.41. The molecule has 0 fully saturated rings. The van der Waals surface area contributed by atoms with E-state index in [-0.39, 0.29) is 11.8 Å². The Morgan fingerprint density at radius 2 is 0.935 bits per heavy atom. The monoisotopic (exact) mass is 418 g/mol. The third kappa shape index (κ3) is 5.04. The minimum Gasteiger partial charge on any atom is -0.508 e. The van der Waals surface area contributed by atoms with Crippen molar-refractivity contribution in [1.29, 1.82) is 0 Å². The van der Waals surface area contributed by atoms with Crippen molar-refractivity contribution in [2.24, 2.45) is 0 Å².